The number of nitrogens with zero attached hydrogens (tertiary/aromatic N) is 1. The molecule has 16 heavy (non-hydrogen) atoms. The van der Waals surface area contributed by atoms with Crippen LogP contribution in [0.5, 0.6) is 0 Å². The Morgan fingerprint density at radius 3 is 2.56 bits per heavy atom. The van der Waals surface area contributed by atoms with Crippen molar-refractivity contribution in [1.82, 2.24) is 4.90 Å². The lowest BCUT2D eigenvalue weighted by atomic mass is 9.88. The first-order valence-corrected chi connectivity index (χ1v) is 6.37. The van der Waals surface area contributed by atoms with Gasteiger partial charge < -0.3 is 10.6 Å². The lowest BCUT2D eigenvalue weighted by Crippen LogP contribution is -2.49. The van der Waals surface area contributed by atoms with Crippen LogP contribution in [-0.4, -0.2) is 29.9 Å². The Labute approximate surface area is 99.4 Å². The number of piperidine rings is 1. The monoisotopic (exact) mass is 226 g/mol. The van der Waals surface area contributed by atoms with Crippen molar-refractivity contribution in [3.63, 3.8) is 0 Å². The Hall–Kier alpha value is -0.570. The predicted octanol–water partition coefficient (Wildman–Crippen LogP) is 2.01. The molecular weight excluding hydrogens is 200 g/mol. The molecule has 1 amide bonds. The number of amides is 1. The van der Waals surface area contributed by atoms with E-state index in [2.05, 4.69) is 27.7 Å². The Kier molecular flexibility index (Phi) is 4.36. The highest BCUT2D eigenvalue weighted by molar-refractivity contribution is 5.76. The van der Waals surface area contributed by atoms with Crippen LogP contribution in [0.25, 0.3) is 0 Å². The molecule has 0 bridgehead atoms. The van der Waals surface area contributed by atoms with Gasteiger partial charge in [-0.3, -0.25) is 4.79 Å². The van der Waals surface area contributed by atoms with Crippen LogP contribution in [0.1, 0.15) is 47.0 Å². The van der Waals surface area contributed by atoms with E-state index in [9.17, 15) is 4.79 Å². The van der Waals surface area contributed by atoms with Crippen LogP contribution in [0, 0.1) is 11.3 Å². The Balaban J connectivity index is 2.52. The standard InChI is InChI=1S/C13H26N2O/c1-5-10-9-15(7-6-11(10)14)12(16)8-13(2,3)4/h10-11H,5-9,14H2,1-4H3. The van der Waals surface area contributed by atoms with Gasteiger partial charge in [-0.25, -0.2) is 0 Å². The van der Waals surface area contributed by atoms with Crippen LogP contribution in [0.3, 0.4) is 0 Å². The Morgan fingerprint density at radius 1 is 1.44 bits per heavy atom. The van der Waals surface area contributed by atoms with Gasteiger partial charge in [-0.05, 0) is 17.8 Å². The SMILES string of the molecule is CCC1CN(C(=O)CC(C)(C)C)CCC1N. The first-order chi connectivity index (χ1) is 7.33. The van der Waals surface area contributed by atoms with Crippen molar-refractivity contribution in [3.8, 4) is 0 Å². The number of nitrogens with two attached hydrogens (primary N) is 1. The number of hydrogen-bond donors (Lipinski definition) is 1. The fourth-order valence-electron chi connectivity index (χ4n) is 2.27. The molecule has 0 spiro atoms. The summed E-state index contributed by atoms with van der Waals surface area (Å²) in [7, 11) is 0. The molecule has 94 valence electrons. The second kappa shape index (κ2) is 5.17. The molecule has 1 heterocycles. The maximum absolute atomic E-state index is 12.1. The zero-order valence-corrected chi connectivity index (χ0v) is 11.1. The molecule has 1 fully saturated rings. The number of carbonyl (C=O) groups excluding carboxylic acids is 1. The molecule has 0 radical (unpaired) electrons. The molecule has 0 aliphatic carbocycles. The summed E-state index contributed by atoms with van der Waals surface area (Å²) in [6.45, 7) is 10.2. The van der Waals surface area contributed by atoms with Gasteiger partial charge in [0.25, 0.3) is 0 Å². The normalized spacial score (nSPS) is 26.9. The molecule has 0 saturated carbocycles. The highest BCUT2D eigenvalue weighted by Crippen LogP contribution is 2.23. The molecular formula is C13H26N2O. The van der Waals surface area contributed by atoms with Gasteiger partial charge in [-0.2, -0.15) is 0 Å². The van der Waals surface area contributed by atoms with E-state index < -0.39 is 0 Å². The molecule has 0 aromatic carbocycles. The van der Waals surface area contributed by atoms with E-state index >= 15 is 0 Å². The summed E-state index contributed by atoms with van der Waals surface area (Å²) in [5.41, 5.74) is 6.12. The predicted molar refractivity (Wildman–Crippen MR) is 67.0 cm³/mol. The third-order valence-electron chi connectivity index (χ3n) is 3.35. The fraction of sp³-hybridized carbons (Fsp3) is 0.923. The lowest BCUT2D eigenvalue weighted by molar-refractivity contribution is -0.135. The van der Waals surface area contributed by atoms with E-state index in [4.69, 9.17) is 5.73 Å². The van der Waals surface area contributed by atoms with E-state index in [1.165, 1.54) is 0 Å². The van der Waals surface area contributed by atoms with Crippen LogP contribution >= 0.6 is 0 Å². The zero-order valence-electron chi connectivity index (χ0n) is 11.1. The molecule has 3 heteroatoms. The van der Waals surface area contributed by atoms with Crippen molar-refractivity contribution in [2.24, 2.45) is 17.1 Å². The summed E-state index contributed by atoms with van der Waals surface area (Å²) in [6, 6.07) is 0.281. The number of carbonyl (C=O) groups is 1. The maximum Gasteiger partial charge on any atom is 0.223 e. The van der Waals surface area contributed by atoms with Gasteiger partial charge in [0.05, 0.1) is 0 Å². The molecule has 2 atom stereocenters. The number of rotatable bonds is 2. The van der Waals surface area contributed by atoms with E-state index in [0.717, 1.165) is 25.9 Å². The van der Waals surface area contributed by atoms with Crippen molar-refractivity contribution < 1.29 is 4.79 Å². The van der Waals surface area contributed by atoms with Crippen molar-refractivity contribution in [2.45, 2.75) is 53.0 Å². The van der Waals surface area contributed by atoms with Crippen molar-refractivity contribution in [1.29, 1.82) is 0 Å². The second-order valence-electron chi connectivity index (χ2n) is 6.20. The van der Waals surface area contributed by atoms with Gasteiger partial charge in [0.15, 0.2) is 0 Å². The summed E-state index contributed by atoms with van der Waals surface area (Å²) >= 11 is 0. The third kappa shape index (κ3) is 3.78. The summed E-state index contributed by atoms with van der Waals surface area (Å²) in [5.74, 6) is 0.774. The summed E-state index contributed by atoms with van der Waals surface area (Å²) in [4.78, 5) is 14.1. The van der Waals surface area contributed by atoms with Crippen LogP contribution in [0.15, 0.2) is 0 Å². The fourth-order valence-corrected chi connectivity index (χ4v) is 2.27. The molecule has 0 aromatic rings. The Morgan fingerprint density at radius 2 is 2.06 bits per heavy atom. The zero-order chi connectivity index (χ0) is 12.3. The van der Waals surface area contributed by atoms with Gasteiger partial charge in [-0.15, -0.1) is 0 Å². The highest BCUT2D eigenvalue weighted by Gasteiger charge is 2.29. The van der Waals surface area contributed by atoms with E-state index in [0.29, 0.717) is 12.3 Å². The van der Waals surface area contributed by atoms with Crippen molar-refractivity contribution in [2.75, 3.05) is 13.1 Å². The minimum atomic E-state index is 0.0817. The molecule has 3 nitrogen and oxygen atoms in total. The Bertz CT molecular complexity index is 245. The van der Waals surface area contributed by atoms with Gasteiger partial charge in [0, 0.05) is 25.6 Å². The van der Waals surface area contributed by atoms with E-state index in [-0.39, 0.29) is 17.4 Å². The molecule has 1 saturated heterocycles. The van der Waals surface area contributed by atoms with Crippen LogP contribution in [0.2, 0.25) is 0 Å². The largest absolute Gasteiger partial charge is 0.342 e. The molecule has 2 unspecified atom stereocenters. The topological polar surface area (TPSA) is 46.3 Å². The first kappa shape index (κ1) is 13.5. The molecule has 1 rings (SSSR count). The van der Waals surface area contributed by atoms with Gasteiger partial charge in [0.1, 0.15) is 0 Å². The lowest BCUT2D eigenvalue weighted by Gasteiger charge is -2.37. The van der Waals surface area contributed by atoms with E-state index in [1.807, 2.05) is 4.90 Å². The molecule has 2 N–H and O–H groups in total. The highest BCUT2D eigenvalue weighted by atomic mass is 16.2. The third-order valence-corrected chi connectivity index (χ3v) is 3.35. The quantitative estimate of drug-likeness (QED) is 0.783. The molecule has 1 aliphatic heterocycles. The average molecular weight is 226 g/mol. The minimum Gasteiger partial charge on any atom is -0.342 e. The van der Waals surface area contributed by atoms with Crippen LogP contribution in [-0.2, 0) is 4.79 Å². The summed E-state index contributed by atoms with van der Waals surface area (Å²) in [5, 5.41) is 0. The number of likely N-dealkylation sites (tertiary alicyclic amines) is 1. The maximum atomic E-state index is 12.1. The first-order valence-electron chi connectivity index (χ1n) is 6.37. The molecule has 0 aromatic heterocycles. The van der Waals surface area contributed by atoms with Crippen molar-refractivity contribution in [3.05, 3.63) is 0 Å². The van der Waals surface area contributed by atoms with Gasteiger partial charge in [-0.1, -0.05) is 34.1 Å². The molecule has 1 aliphatic rings. The van der Waals surface area contributed by atoms with Crippen molar-refractivity contribution >= 4 is 5.91 Å². The number of hydrogen-bond acceptors (Lipinski definition) is 2. The van der Waals surface area contributed by atoms with Crippen LogP contribution < -0.4 is 5.73 Å². The van der Waals surface area contributed by atoms with Gasteiger partial charge in [0.2, 0.25) is 5.91 Å². The summed E-state index contributed by atoms with van der Waals surface area (Å²) in [6.07, 6.45) is 2.66. The van der Waals surface area contributed by atoms with E-state index in [1.54, 1.807) is 0 Å². The second-order valence-corrected chi connectivity index (χ2v) is 6.20. The van der Waals surface area contributed by atoms with Gasteiger partial charge >= 0.3 is 0 Å². The minimum absolute atomic E-state index is 0.0817. The smallest absolute Gasteiger partial charge is 0.223 e. The average Bonchev–Trinajstić information content (AvgIpc) is 2.15. The summed E-state index contributed by atoms with van der Waals surface area (Å²) < 4.78 is 0. The van der Waals surface area contributed by atoms with Crippen LogP contribution in [0.4, 0.5) is 0 Å².